The van der Waals surface area contributed by atoms with Crippen LogP contribution in [-0.2, 0) is 4.74 Å². The molecule has 0 bridgehead atoms. The molecule has 0 N–H and O–H groups in total. The van der Waals surface area contributed by atoms with Crippen molar-refractivity contribution in [3.63, 3.8) is 0 Å². The normalized spacial score (nSPS) is 20.3. The number of carbonyl (C=O) groups excluding carboxylic acids is 2. The Morgan fingerprint density at radius 2 is 2.13 bits per heavy atom. The average Bonchev–Trinajstić information content (AvgIpc) is 3.24. The molecular formula is C15H14N4O3S. The molecule has 2 amide bonds. The van der Waals surface area contributed by atoms with Gasteiger partial charge in [-0.25, -0.2) is 14.8 Å². The molecule has 7 nitrogen and oxygen atoms in total. The Labute approximate surface area is 136 Å². The second kappa shape index (κ2) is 5.62. The Kier molecular flexibility index (Phi) is 3.45. The van der Waals surface area contributed by atoms with E-state index in [1.54, 1.807) is 33.5 Å². The fourth-order valence-corrected chi connectivity index (χ4v) is 3.50. The minimum absolute atomic E-state index is 0.0495. The molecule has 0 aromatic carbocycles. The molecule has 23 heavy (non-hydrogen) atoms. The Bertz CT molecular complexity index is 732. The molecule has 2 aliphatic rings. The second-order valence-electron chi connectivity index (χ2n) is 5.45. The zero-order valence-electron chi connectivity index (χ0n) is 12.2. The van der Waals surface area contributed by atoms with Crippen LogP contribution in [0.1, 0.15) is 10.4 Å². The maximum absolute atomic E-state index is 12.6. The van der Waals surface area contributed by atoms with Crippen molar-refractivity contribution in [2.75, 3.05) is 26.2 Å². The SMILES string of the molecule is O=C(c1cnc(-c2cccs2)nc1)N1CCN2C(=O)OC[C@H]2C1. The number of thiophene rings is 1. The molecule has 2 fully saturated rings. The van der Waals surface area contributed by atoms with Crippen molar-refractivity contribution in [2.45, 2.75) is 6.04 Å². The van der Waals surface area contributed by atoms with E-state index < -0.39 is 0 Å². The van der Waals surface area contributed by atoms with Crippen LogP contribution in [0.5, 0.6) is 0 Å². The second-order valence-corrected chi connectivity index (χ2v) is 6.40. The maximum Gasteiger partial charge on any atom is 0.410 e. The lowest BCUT2D eigenvalue weighted by molar-refractivity contribution is 0.0616. The molecule has 2 aliphatic heterocycles. The van der Waals surface area contributed by atoms with Gasteiger partial charge >= 0.3 is 6.09 Å². The number of nitrogens with zero attached hydrogens (tertiary/aromatic N) is 4. The third kappa shape index (κ3) is 2.55. The molecule has 0 spiro atoms. The highest BCUT2D eigenvalue weighted by atomic mass is 32.1. The van der Waals surface area contributed by atoms with Gasteiger partial charge in [-0.15, -0.1) is 11.3 Å². The number of cyclic esters (lactones) is 1. The smallest absolute Gasteiger partial charge is 0.410 e. The molecule has 0 unspecified atom stereocenters. The third-order valence-electron chi connectivity index (χ3n) is 4.04. The zero-order valence-corrected chi connectivity index (χ0v) is 13.0. The molecule has 2 aromatic heterocycles. The van der Waals surface area contributed by atoms with Gasteiger partial charge in [0.05, 0.1) is 16.5 Å². The van der Waals surface area contributed by atoms with Crippen molar-refractivity contribution in [3.8, 4) is 10.7 Å². The van der Waals surface area contributed by atoms with E-state index in [4.69, 9.17) is 4.74 Å². The molecule has 2 saturated heterocycles. The van der Waals surface area contributed by atoms with Crippen molar-refractivity contribution in [3.05, 3.63) is 35.5 Å². The molecule has 0 radical (unpaired) electrons. The van der Waals surface area contributed by atoms with Crippen LogP contribution in [0.2, 0.25) is 0 Å². The largest absolute Gasteiger partial charge is 0.447 e. The van der Waals surface area contributed by atoms with Gasteiger partial charge in [0.25, 0.3) is 5.91 Å². The highest BCUT2D eigenvalue weighted by Gasteiger charge is 2.38. The molecule has 8 heteroatoms. The van der Waals surface area contributed by atoms with Crippen molar-refractivity contribution < 1.29 is 14.3 Å². The van der Waals surface area contributed by atoms with Gasteiger partial charge in [-0.2, -0.15) is 0 Å². The standard InChI is InChI=1S/C15H14N4O3S/c20-14(18-3-4-19-11(8-18)9-22-15(19)21)10-6-16-13(17-7-10)12-2-1-5-23-12/h1-2,5-7,11H,3-4,8-9H2/t11-/m1/s1. The lowest BCUT2D eigenvalue weighted by Crippen LogP contribution is -2.53. The van der Waals surface area contributed by atoms with Gasteiger partial charge in [0.1, 0.15) is 6.61 Å². The minimum Gasteiger partial charge on any atom is -0.447 e. The van der Waals surface area contributed by atoms with E-state index in [1.807, 2.05) is 17.5 Å². The quantitative estimate of drug-likeness (QED) is 0.834. The number of hydrogen-bond acceptors (Lipinski definition) is 6. The van der Waals surface area contributed by atoms with Crippen molar-refractivity contribution in [2.24, 2.45) is 0 Å². The molecule has 0 saturated carbocycles. The maximum atomic E-state index is 12.6. The van der Waals surface area contributed by atoms with Crippen LogP contribution in [0.4, 0.5) is 4.79 Å². The Balaban J connectivity index is 1.48. The molecule has 4 heterocycles. The topological polar surface area (TPSA) is 75.6 Å². The lowest BCUT2D eigenvalue weighted by atomic mass is 10.1. The third-order valence-corrected chi connectivity index (χ3v) is 4.91. The number of aromatic nitrogens is 2. The van der Waals surface area contributed by atoms with E-state index in [0.717, 1.165) is 4.88 Å². The minimum atomic E-state index is -0.286. The number of carbonyl (C=O) groups is 2. The number of amides is 2. The van der Waals surface area contributed by atoms with Crippen LogP contribution >= 0.6 is 11.3 Å². The summed E-state index contributed by atoms with van der Waals surface area (Å²) in [7, 11) is 0. The molecule has 2 aromatic rings. The van der Waals surface area contributed by atoms with E-state index in [-0.39, 0.29) is 18.0 Å². The van der Waals surface area contributed by atoms with Gasteiger partial charge in [-0.05, 0) is 11.4 Å². The molecule has 4 rings (SSSR count). The summed E-state index contributed by atoms with van der Waals surface area (Å²) in [4.78, 5) is 37.0. The van der Waals surface area contributed by atoms with Crippen LogP contribution in [0, 0.1) is 0 Å². The van der Waals surface area contributed by atoms with Gasteiger partial charge in [0.2, 0.25) is 0 Å². The van der Waals surface area contributed by atoms with Gasteiger partial charge < -0.3 is 9.64 Å². The molecule has 118 valence electrons. The average molecular weight is 330 g/mol. The van der Waals surface area contributed by atoms with Gasteiger partial charge in [0.15, 0.2) is 5.82 Å². The van der Waals surface area contributed by atoms with E-state index in [0.29, 0.717) is 37.6 Å². The number of hydrogen-bond donors (Lipinski definition) is 0. The predicted octanol–water partition coefficient (Wildman–Crippen LogP) is 1.48. The van der Waals surface area contributed by atoms with Crippen molar-refractivity contribution in [1.29, 1.82) is 0 Å². The first-order valence-corrected chi connectivity index (χ1v) is 8.19. The molecular weight excluding hydrogens is 316 g/mol. The van der Waals surface area contributed by atoms with Gasteiger partial charge in [0, 0.05) is 32.0 Å². The Morgan fingerprint density at radius 1 is 1.30 bits per heavy atom. The molecule has 1 atom stereocenters. The van der Waals surface area contributed by atoms with Crippen LogP contribution in [0.15, 0.2) is 29.9 Å². The van der Waals surface area contributed by atoms with E-state index in [2.05, 4.69) is 9.97 Å². The fraction of sp³-hybridized carbons (Fsp3) is 0.333. The monoisotopic (exact) mass is 330 g/mol. The van der Waals surface area contributed by atoms with Crippen molar-refractivity contribution >= 4 is 23.3 Å². The summed E-state index contributed by atoms with van der Waals surface area (Å²) in [6, 6.07) is 3.83. The number of ether oxygens (including phenoxy) is 1. The highest BCUT2D eigenvalue weighted by Crippen LogP contribution is 2.22. The van der Waals surface area contributed by atoms with Gasteiger partial charge in [-0.3, -0.25) is 9.69 Å². The lowest BCUT2D eigenvalue weighted by Gasteiger charge is -2.35. The molecule has 0 aliphatic carbocycles. The van der Waals surface area contributed by atoms with Crippen LogP contribution in [-0.4, -0.2) is 64.1 Å². The predicted molar refractivity (Wildman–Crippen MR) is 83.1 cm³/mol. The van der Waals surface area contributed by atoms with Crippen LogP contribution in [0.25, 0.3) is 10.7 Å². The van der Waals surface area contributed by atoms with E-state index >= 15 is 0 Å². The first-order chi connectivity index (χ1) is 11.2. The summed E-state index contributed by atoms with van der Waals surface area (Å²) in [5.41, 5.74) is 0.462. The Hall–Kier alpha value is -2.48. The summed E-state index contributed by atoms with van der Waals surface area (Å²) in [5, 5.41) is 1.96. The summed E-state index contributed by atoms with van der Waals surface area (Å²) in [5.74, 6) is 0.512. The van der Waals surface area contributed by atoms with Gasteiger partial charge in [-0.1, -0.05) is 6.07 Å². The highest BCUT2D eigenvalue weighted by molar-refractivity contribution is 7.13. The van der Waals surface area contributed by atoms with Crippen LogP contribution in [0.3, 0.4) is 0 Å². The van der Waals surface area contributed by atoms with E-state index in [1.165, 1.54) is 0 Å². The summed E-state index contributed by atoms with van der Waals surface area (Å²) >= 11 is 1.56. The zero-order chi connectivity index (χ0) is 15.8. The first-order valence-electron chi connectivity index (χ1n) is 7.31. The van der Waals surface area contributed by atoms with E-state index in [9.17, 15) is 9.59 Å². The Morgan fingerprint density at radius 3 is 2.87 bits per heavy atom. The fourth-order valence-electron chi connectivity index (χ4n) is 2.83. The summed E-state index contributed by atoms with van der Waals surface area (Å²) in [6.07, 6.45) is 2.84. The summed E-state index contributed by atoms with van der Waals surface area (Å²) in [6.45, 7) is 1.83. The van der Waals surface area contributed by atoms with Crippen molar-refractivity contribution in [1.82, 2.24) is 19.8 Å². The first kappa shape index (κ1) is 14.1. The summed E-state index contributed by atoms with van der Waals surface area (Å²) < 4.78 is 5.02. The van der Waals surface area contributed by atoms with Crippen LogP contribution < -0.4 is 0 Å². The number of rotatable bonds is 2. The number of fused-ring (bicyclic) bond motifs is 1. The number of piperazine rings is 1.